The summed E-state index contributed by atoms with van der Waals surface area (Å²) in [6.45, 7) is 5.29. The fourth-order valence-corrected chi connectivity index (χ4v) is 5.37. The minimum absolute atomic E-state index is 0.0134. The van der Waals surface area contributed by atoms with E-state index in [1.165, 1.54) is 10.9 Å². The summed E-state index contributed by atoms with van der Waals surface area (Å²) in [5.41, 5.74) is 1.97. The molecule has 184 valence electrons. The second-order valence-corrected chi connectivity index (χ2v) is 10.2. The van der Waals surface area contributed by atoms with Crippen molar-refractivity contribution in [1.82, 2.24) is 9.80 Å². The van der Waals surface area contributed by atoms with E-state index in [1.54, 1.807) is 39.3 Å². The van der Waals surface area contributed by atoms with Gasteiger partial charge in [-0.3, -0.25) is 9.59 Å². The van der Waals surface area contributed by atoms with Crippen LogP contribution in [0.3, 0.4) is 0 Å². The van der Waals surface area contributed by atoms with Gasteiger partial charge in [-0.15, -0.1) is 11.3 Å². The minimum atomic E-state index is -0.429. The first-order valence-corrected chi connectivity index (χ1v) is 12.8. The number of para-hydroxylation sites is 1. The Morgan fingerprint density at radius 3 is 2.60 bits per heavy atom. The van der Waals surface area contributed by atoms with Crippen LogP contribution in [0.4, 0.5) is 4.39 Å². The summed E-state index contributed by atoms with van der Waals surface area (Å²) < 4.78 is 20.0. The highest BCUT2D eigenvalue weighted by Crippen LogP contribution is 2.34. The van der Waals surface area contributed by atoms with Crippen LogP contribution in [0.2, 0.25) is 0 Å². The molecule has 4 rings (SSSR count). The molecule has 1 aliphatic heterocycles. The molecule has 0 fully saturated rings. The van der Waals surface area contributed by atoms with Crippen molar-refractivity contribution in [2.45, 2.75) is 32.7 Å². The third kappa shape index (κ3) is 6.28. The maximum absolute atomic E-state index is 14.1. The van der Waals surface area contributed by atoms with E-state index >= 15 is 0 Å². The third-order valence-electron chi connectivity index (χ3n) is 6.11. The van der Waals surface area contributed by atoms with Crippen LogP contribution in [-0.2, 0) is 22.4 Å². The van der Waals surface area contributed by atoms with Crippen LogP contribution in [0.5, 0.6) is 5.75 Å². The van der Waals surface area contributed by atoms with Crippen molar-refractivity contribution in [3.63, 3.8) is 0 Å². The summed E-state index contributed by atoms with van der Waals surface area (Å²) >= 11 is 1.66. The van der Waals surface area contributed by atoms with Gasteiger partial charge in [0, 0.05) is 18.0 Å². The number of fused-ring (bicyclic) bond motifs is 1. The van der Waals surface area contributed by atoms with Crippen LogP contribution >= 0.6 is 11.3 Å². The molecule has 1 atom stereocenters. The lowest BCUT2D eigenvalue weighted by molar-refractivity contribution is -0.142. The molecule has 1 aliphatic rings. The number of hydrogen-bond acceptors (Lipinski definition) is 4. The van der Waals surface area contributed by atoms with E-state index in [9.17, 15) is 14.0 Å². The summed E-state index contributed by atoms with van der Waals surface area (Å²) in [5, 5.41) is 2.02. The topological polar surface area (TPSA) is 49.9 Å². The lowest BCUT2D eigenvalue weighted by atomic mass is 10.00. The Labute approximate surface area is 210 Å². The molecule has 3 aromatic rings. The molecule has 0 unspecified atom stereocenters. The SMILES string of the molecule is CC(C)CN(CC(=O)N1CCc2sccc2[C@H]1COc1ccccc1F)C(=O)Cc1ccccc1. The molecule has 2 amide bonds. The Morgan fingerprint density at radius 2 is 1.86 bits per heavy atom. The third-order valence-corrected chi connectivity index (χ3v) is 7.11. The normalized spacial score (nSPS) is 15.1. The monoisotopic (exact) mass is 494 g/mol. The van der Waals surface area contributed by atoms with Gasteiger partial charge < -0.3 is 14.5 Å². The number of ether oxygens (including phenoxy) is 1. The van der Waals surface area contributed by atoms with Gasteiger partial charge in [-0.1, -0.05) is 56.3 Å². The van der Waals surface area contributed by atoms with Gasteiger partial charge in [-0.05, 0) is 47.0 Å². The van der Waals surface area contributed by atoms with Gasteiger partial charge in [0.25, 0.3) is 0 Å². The van der Waals surface area contributed by atoms with E-state index in [-0.39, 0.29) is 49.1 Å². The quantitative estimate of drug-likeness (QED) is 0.415. The van der Waals surface area contributed by atoms with Crippen LogP contribution < -0.4 is 4.74 Å². The van der Waals surface area contributed by atoms with Crippen molar-refractivity contribution >= 4 is 23.2 Å². The summed E-state index contributed by atoms with van der Waals surface area (Å²) in [5.74, 6) is -0.215. The zero-order valence-corrected chi connectivity index (χ0v) is 21.0. The fourth-order valence-electron chi connectivity index (χ4n) is 4.44. The highest BCUT2D eigenvalue weighted by Gasteiger charge is 2.33. The van der Waals surface area contributed by atoms with Gasteiger partial charge in [0.2, 0.25) is 11.8 Å². The Hall–Kier alpha value is -3.19. The van der Waals surface area contributed by atoms with E-state index in [4.69, 9.17) is 4.74 Å². The molecule has 2 aromatic carbocycles. The standard InChI is InChI=1S/C28H31FN2O3S/c1-20(2)17-30(27(32)16-21-8-4-3-5-9-21)18-28(33)31-14-12-26-22(13-15-35-26)24(31)19-34-25-11-7-6-10-23(25)29/h3-11,13,15,20,24H,12,14,16-19H2,1-2H3/t24-/m1/s1. The summed E-state index contributed by atoms with van der Waals surface area (Å²) in [6.07, 6.45) is 1.02. The van der Waals surface area contributed by atoms with E-state index in [1.807, 2.05) is 55.6 Å². The highest BCUT2D eigenvalue weighted by atomic mass is 32.1. The zero-order chi connectivity index (χ0) is 24.8. The van der Waals surface area contributed by atoms with Gasteiger partial charge in [0.15, 0.2) is 11.6 Å². The average Bonchev–Trinajstić information content (AvgIpc) is 3.32. The second-order valence-electron chi connectivity index (χ2n) is 9.22. The number of amides is 2. The number of halogens is 1. The number of benzene rings is 2. The molecule has 0 aliphatic carbocycles. The number of carbonyl (C=O) groups is 2. The van der Waals surface area contributed by atoms with Crippen molar-refractivity contribution in [2.24, 2.45) is 5.92 Å². The van der Waals surface area contributed by atoms with Crippen molar-refractivity contribution in [2.75, 3.05) is 26.2 Å². The molecule has 0 saturated heterocycles. The summed E-state index contributed by atoms with van der Waals surface area (Å²) in [4.78, 5) is 31.4. The van der Waals surface area contributed by atoms with Crippen molar-refractivity contribution in [1.29, 1.82) is 0 Å². The molecule has 0 spiro atoms. The number of nitrogens with zero attached hydrogens (tertiary/aromatic N) is 2. The van der Waals surface area contributed by atoms with E-state index < -0.39 is 5.82 Å². The molecule has 0 saturated carbocycles. The molecule has 0 bridgehead atoms. The molecule has 2 heterocycles. The van der Waals surface area contributed by atoms with Gasteiger partial charge in [0.05, 0.1) is 19.0 Å². The predicted molar refractivity (Wildman–Crippen MR) is 136 cm³/mol. The molecule has 0 radical (unpaired) electrons. The summed E-state index contributed by atoms with van der Waals surface area (Å²) in [7, 11) is 0. The highest BCUT2D eigenvalue weighted by molar-refractivity contribution is 7.10. The number of carbonyl (C=O) groups excluding carboxylic acids is 2. The van der Waals surface area contributed by atoms with Crippen LogP contribution in [0.25, 0.3) is 0 Å². The molecule has 7 heteroatoms. The number of thiophene rings is 1. The van der Waals surface area contributed by atoms with Crippen LogP contribution in [0.15, 0.2) is 66.0 Å². The molecule has 0 N–H and O–H groups in total. The fraction of sp³-hybridized carbons (Fsp3) is 0.357. The molecule has 1 aromatic heterocycles. The van der Waals surface area contributed by atoms with Crippen LogP contribution in [0.1, 0.15) is 35.9 Å². The van der Waals surface area contributed by atoms with E-state index in [0.717, 1.165) is 17.5 Å². The van der Waals surface area contributed by atoms with Crippen molar-refractivity contribution in [3.05, 3.63) is 87.9 Å². The van der Waals surface area contributed by atoms with Gasteiger partial charge in [-0.2, -0.15) is 0 Å². The Bertz CT molecular complexity index is 1150. The predicted octanol–water partition coefficient (Wildman–Crippen LogP) is 5.12. The van der Waals surface area contributed by atoms with Crippen molar-refractivity contribution < 1.29 is 18.7 Å². The van der Waals surface area contributed by atoms with Crippen molar-refractivity contribution in [3.8, 4) is 5.75 Å². The molecule has 35 heavy (non-hydrogen) atoms. The van der Waals surface area contributed by atoms with E-state index in [0.29, 0.717) is 13.1 Å². The average molecular weight is 495 g/mol. The zero-order valence-electron chi connectivity index (χ0n) is 20.2. The molecular weight excluding hydrogens is 463 g/mol. The largest absolute Gasteiger partial charge is 0.488 e. The Balaban J connectivity index is 1.50. The Kier molecular flexibility index (Phi) is 8.18. The van der Waals surface area contributed by atoms with Gasteiger partial charge >= 0.3 is 0 Å². The lowest BCUT2D eigenvalue weighted by Gasteiger charge is -2.37. The Morgan fingerprint density at radius 1 is 1.11 bits per heavy atom. The first-order valence-electron chi connectivity index (χ1n) is 12.0. The van der Waals surface area contributed by atoms with Crippen LogP contribution in [-0.4, -0.2) is 47.9 Å². The first kappa shape index (κ1) is 24.9. The maximum Gasteiger partial charge on any atom is 0.242 e. The molecule has 5 nitrogen and oxygen atoms in total. The maximum atomic E-state index is 14.1. The lowest BCUT2D eigenvalue weighted by Crippen LogP contribution is -2.48. The number of hydrogen-bond donors (Lipinski definition) is 0. The second kappa shape index (κ2) is 11.5. The summed E-state index contributed by atoms with van der Waals surface area (Å²) in [6, 6.07) is 17.6. The van der Waals surface area contributed by atoms with Gasteiger partial charge in [0.1, 0.15) is 6.61 Å². The van der Waals surface area contributed by atoms with Crippen LogP contribution in [0, 0.1) is 11.7 Å². The number of rotatable bonds is 9. The van der Waals surface area contributed by atoms with Gasteiger partial charge in [-0.25, -0.2) is 4.39 Å². The first-order chi connectivity index (χ1) is 16.9. The smallest absolute Gasteiger partial charge is 0.242 e. The minimum Gasteiger partial charge on any atom is -0.488 e. The molecular formula is C28H31FN2O3S. The van der Waals surface area contributed by atoms with E-state index in [2.05, 4.69) is 0 Å².